The van der Waals surface area contributed by atoms with Gasteiger partial charge in [0.1, 0.15) is 0 Å². The molecule has 0 bridgehead atoms. The minimum absolute atomic E-state index is 0.221. The average molecular weight is 359 g/mol. The molecule has 0 unspecified atom stereocenters. The van der Waals surface area contributed by atoms with E-state index in [9.17, 15) is 9.59 Å². The molecule has 1 fully saturated rings. The molecule has 1 aliphatic heterocycles. The van der Waals surface area contributed by atoms with Crippen LogP contribution in [0.3, 0.4) is 0 Å². The van der Waals surface area contributed by atoms with E-state index in [1.165, 1.54) is 12.1 Å². The molecule has 8 heteroatoms. The van der Waals surface area contributed by atoms with Crippen molar-refractivity contribution in [2.75, 3.05) is 39.8 Å². The van der Waals surface area contributed by atoms with Gasteiger partial charge in [0.2, 0.25) is 5.91 Å². The van der Waals surface area contributed by atoms with Gasteiger partial charge in [-0.1, -0.05) is 23.2 Å². The van der Waals surface area contributed by atoms with Crippen molar-refractivity contribution < 1.29 is 9.59 Å². The zero-order valence-electron chi connectivity index (χ0n) is 12.9. The average Bonchev–Trinajstić information content (AvgIpc) is 2.54. The lowest BCUT2D eigenvalue weighted by Gasteiger charge is -2.32. The number of carbonyl (C=O) groups excluding carboxylic acids is 2. The van der Waals surface area contributed by atoms with Crippen LogP contribution in [-0.2, 0) is 4.79 Å². The first-order valence-corrected chi connectivity index (χ1v) is 8.16. The third-order valence-electron chi connectivity index (χ3n) is 3.74. The molecule has 0 aliphatic carbocycles. The van der Waals surface area contributed by atoms with Crippen LogP contribution in [0.1, 0.15) is 16.8 Å². The Labute approximate surface area is 145 Å². The molecule has 2 N–H and O–H groups in total. The molecule has 6 nitrogen and oxygen atoms in total. The monoisotopic (exact) mass is 358 g/mol. The summed E-state index contributed by atoms with van der Waals surface area (Å²) in [5, 5.41) is 0.680. The number of benzene rings is 1. The molecule has 0 atom stereocenters. The number of amides is 2. The number of carbonyl (C=O) groups is 2. The van der Waals surface area contributed by atoms with Gasteiger partial charge >= 0.3 is 0 Å². The van der Waals surface area contributed by atoms with Gasteiger partial charge < -0.3 is 9.80 Å². The van der Waals surface area contributed by atoms with E-state index < -0.39 is 5.91 Å². The number of likely N-dealkylation sites (N-methyl/N-ethyl adjacent to an activating group) is 1. The molecule has 1 heterocycles. The lowest BCUT2D eigenvalue weighted by atomic mass is 10.2. The number of piperazine rings is 1. The third kappa shape index (κ3) is 5.66. The Morgan fingerprint density at radius 1 is 1.13 bits per heavy atom. The Kier molecular flexibility index (Phi) is 6.65. The minimum atomic E-state index is -0.495. The normalized spacial score (nSPS) is 16.1. The van der Waals surface area contributed by atoms with Gasteiger partial charge in [0, 0.05) is 44.2 Å². The maximum atomic E-state index is 12.0. The standard InChI is InChI=1S/C15H20Cl2N4O2/c1-20-6-8-21(9-7-20)5-4-14(22)18-19-15(23)12-10-11(16)2-3-13(12)17/h2-3,10H,4-9H2,1H3,(H,18,22)(H,19,23). The summed E-state index contributed by atoms with van der Waals surface area (Å²) < 4.78 is 0. The summed E-state index contributed by atoms with van der Waals surface area (Å²) in [6.45, 7) is 4.59. The number of nitrogens with zero attached hydrogens (tertiary/aromatic N) is 2. The van der Waals surface area contributed by atoms with Crippen molar-refractivity contribution >= 4 is 35.0 Å². The molecule has 1 saturated heterocycles. The van der Waals surface area contributed by atoms with Gasteiger partial charge in [-0.05, 0) is 25.2 Å². The van der Waals surface area contributed by atoms with Gasteiger partial charge in [0.25, 0.3) is 5.91 Å². The van der Waals surface area contributed by atoms with Crippen LogP contribution in [0.5, 0.6) is 0 Å². The van der Waals surface area contributed by atoms with Crippen molar-refractivity contribution in [2.45, 2.75) is 6.42 Å². The Bertz CT molecular complexity index is 575. The van der Waals surface area contributed by atoms with Crippen molar-refractivity contribution in [1.82, 2.24) is 20.7 Å². The van der Waals surface area contributed by atoms with Gasteiger partial charge in [0.05, 0.1) is 10.6 Å². The summed E-state index contributed by atoms with van der Waals surface area (Å²) in [6, 6.07) is 4.58. The molecule has 0 saturated carbocycles. The fourth-order valence-corrected chi connectivity index (χ4v) is 2.63. The first kappa shape index (κ1) is 18.0. The van der Waals surface area contributed by atoms with Crippen molar-refractivity contribution in [3.63, 3.8) is 0 Å². The third-order valence-corrected chi connectivity index (χ3v) is 4.30. The number of hydrogen-bond donors (Lipinski definition) is 2. The molecule has 1 aliphatic rings. The Balaban J connectivity index is 1.73. The fraction of sp³-hybridized carbons (Fsp3) is 0.467. The second-order valence-electron chi connectivity index (χ2n) is 5.52. The van der Waals surface area contributed by atoms with Crippen LogP contribution in [-0.4, -0.2) is 61.4 Å². The van der Waals surface area contributed by atoms with E-state index in [0.717, 1.165) is 26.2 Å². The molecule has 2 rings (SSSR count). The summed E-state index contributed by atoms with van der Waals surface area (Å²) >= 11 is 11.8. The fourth-order valence-electron chi connectivity index (χ4n) is 2.26. The van der Waals surface area contributed by atoms with Crippen LogP contribution in [0.2, 0.25) is 10.0 Å². The highest BCUT2D eigenvalue weighted by Crippen LogP contribution is 2.20. The number of rotatable bonds is 4. The van der Waals surface area contributed by atoms with Gasteiger partial charge in [-0.25, -0.2) is 0 Å². The molecule has 0 radical (unpaired) electrons. The molecule has 2 amide bonds. The van der Waals surface area contributed by atoms with Crippen LogP contribution in [0.25, 0.3) is 0 Å². The van der Waals surface area contributed by atoms with Crippen LogP contribution in [0.4, 0.5) is 0 Å². The van der Waals surface area contributed by atoms with Crippen LogP contribution >= 0.6 is 23.2 Å². The van der Waals surface area contributed by atoms with Gasteiger partial charge in [0.15, 0.2) is 0 Å². The van der Waals surface area contributed by atoms with Crippen molar-refractivity contribution in [1.29, 1.82) is 0 Å². The van der Waals surface area contributed by atoms with Crippen molar-refractivity contribution in [2.24, 2.45) is 0 Å². The van der Waals surface area contributed by atoms with Gasteiger partial charge in [-0.2, -0.15) is 0 Å². The highest BCUT2D eigenvalue weighted by molar-refractivity contribution is 6.35. The number of hydrogen-bond acceptors (Lipinski definition) is 4. The zero-order valence-corrected chi connectivity index (χ0v) is 14.5. The predicted octanol–water partition coefficient (Wildman–Crippen LogP) is 1.39. The quantitative estimate of drug-likeness (QED) is 0.798. The van der Waals surface area contributed by atoms with Gasteiger partial charge in [-0.3, -0.25) is 20.4 Å². The van der Waals surface area contributed by atoms with E-state index in [2.05, 4.69) is 27.7 Å². The molecule has 1 aromatic carbocycles. The van der Waals surface area contributed by atoms with Crippen LogP contribution in [0, 0.1) is 0 Å². The molecular weight excluding hydrogens is 339 g/mol. The SMILES string of the molecule is CN1CCN(CCC(=O)NNC(=O)c2cc(Cl)ccc2Cl)CC1. The summed E-state index contributed by atoms with van der Waals surface area (Å²) in [5.41, 5.74) is 4.97. The number of halogens is 2. The summed E-state index contributed by atoms with van der Waals surface area (Å²) in [7, 11) is 2.08. The maximum Gasteiger partial charge on any atom is 0.271 e. The maximum absolute atomic E-state index is 12.0. The molecular formula is C15H20Cl2N4O2. The molecule has 1 aromatic rings. The minimum Gasteiger partial charge on any atom is -0.304 e. The summed E-state index contributed by atoms with van der Waals surface area (Å²) in [5.74, 6) is -0.735. The summed E-state index contributed by atoms with van der Waals surface area (Å²) in [4.78, 5) is 28.3. The predicted molar refractivity (Wildman–Crippen MR) is 90.6 cm³/mol. The number of nitrogens with one attached hydrogen (secondary N) is 2. The lowest BCUT2D eigenvalue weighted by Crippen LogP contribution is -2.47. The summed E-state index contributed by atoms with van der Waals surface area (Å²) in [6.07, 6.45) is 0.327. The van der Waals surface area contributed by atoms with E-state index in [1.807, 2.05) is 0 Å². The van der Waals surface area contributed by atoms with E-state index in [4.69, 9.17) is 23.2 Å². The van der Waals surface area contributed by atoms with Crippen LogP contribution in [0.15, 0.2) is 18.2 Å². The highest BCUT2D eigenvalue weighted by atomic mass is 35.5. The lowest BCUT2D eigenvalue weighted by molar-refractivity contribution is -0.122. The van der Waals surface area contributed by atoms with Gasteiger partial charge in [-0.15, -0.1) is 0 Å². The Morgan fingerprint density at radius 3 is 2.52 bits per heavy atom. The number of hydrazine groups is 1. The second-order valence-corrected chi connectivity index (χ2v) is 6.37. The largest absolute Gasteiger partial charge is 0.304 e. The zero-order chi connectivity index (χ0) is 16.8. The molecule has 0 spiro atoms. The Hall–Kier alpha value is -1.34. The van der Waals surface area contributed by atoms with E-state index in [0.29, 0.717) is 18.0 Å². The smallest absolute Gasteiger partial charge is 0.271 e. The van der Waals surface area contributed by atoms with E-state index in [1.54, 1.807) is 6.07 Å². The topological polar surface area (TPSA) is 64.7 Å². The van der Waals surface area contributed by atoms with Crippen molar-refractivity contribution in [3.05, 3.63) is 33.8 Å². The van der Waals surface area contributed by atoms with Crippen LogP contribution < -0.4 is 10.9 Å². The molecule has 0 aromatic heterocycles. The highest BCUT2D eigenvalue weighted by Gasteiger charge is 2.15. The van der Waals surface area contributed by atoms with E-state index >= 15 is 0 Å². The second kappa shape index (κ2) is 8.49. The molecule has 23 heavy (non-hydrogen) atoms. The Morgan fingerprint density at radius 2 is 1.83 bits per heavy atom. The van der Waals surface area contributed by atoms with E-state index in [-0.39, 0.29) is 16.5 Å². The van der Waals surface area contributed by atoms with Crippen molar-refractivity contribution in [3.8, 4) is 0 Å². The first-order valence-electron chi connectivity index (χ1n) is 7.41. The first-order chi connectivity index (χ1) is 11.0. The molecule has 126 valence electrons.